The molecular formula is C23H32N2O2. The highest BCUT2D eigenvalue weighted by Crippen LogP contribution is 2.56. The predicted octanol–water partition coefficient (Wildman–Crippen LogP) is 4.41. The van der Waals surface area contributed by atoms with Crippen LogP contribution in [0.15, 0.2) is 18.2 Å². The van der Waals surface area contributed by atoms with Crippen LogP contribution in [0.2, 0.25) is 0 Å². The molecule has 3 aliphatic rings. The lowest BCUT2D eigenvalue weighted by Gasteiger charge is -2.61. The van der Waals surface area contributed by atoms with E-state index in [-0.39, 0.29) is 28.7 Å². The SMILES string of the molecule is CC(=O)c1ccc2c(c1)C[C@H]1N(C(=O)N3CCCCC3)CC[C@]2(C)C1(C)C. The fourth-order valence-corrected chi connectivity index (χ4v) is 5.65. The molecule has 0 aromatic heterocycles. The molecule has 1 aliphatic carbocycles. The molecule has 0 unspecified atom stereocenters. The lowest BCUT2D eigenvalue weighted by Crippen LogP contribution is -2.66. The Morgan fingerprint density at radius 3 is 2.41 bits per heavy atom. The van der Waals surface area contributed by atoms with Gasteiger partial charge in [-0.2, -0.15) is 0 Å². The Labute approximate surface area is 162 Å². The van der Waals surface area contributed by atoms with E-state index >= 15 is 0 Å². The summed E-state index contributed by atoms with van der Waals surface area (Å²) in [4.78, 5) is 29.4. The molecular weight excluding hydrogens is 336 g/mol. The first-order valence-electron chi connectivity index (χ1n) is 10.5. The Hall–Kier alpha value is -1.84. The molecule has 0 saturated carbocycles. The highest BCUT2D eigenvalue weighted by atomic mass is 16.2. The van der Waals surface area contributed by atoms with Gasteiger partial charge in [0.2, 0.25) is 0 Å². The summed E-state index contributed by atoms with van der Waals surface area (Å²) in [5, 5.41) is 0. The number of fused-ring (bicyclic) bond motifs is 4. The maximum atomic E-state index is 13.3. The van der Waals surface area contributed by atoms with Crippen LogP contribution < -0.4 is 0 Å². The quantitative estimate of drug-likeness (QED) is 0.689. The van der Waals surface area contributed by atoms with E-state index in [0.717, 1.165) is 50.9 Å². The van der Waals surface area contributed by atoms with Crippen molar-refractivity contribution in [2.24, 2.45) is 5.41 Å². The molecule has 146 valence electrons. The highest BCUT2D eigenvalue weighted by molar-refractivity contribution is 5.94. The van der Waals surface area contributed by atoms with E-state index in [1.165, 1.54) is 17.5 Å². The molecule has 4 heteroatoms. The van der Waals surface area contributed by atoms with Crippen LogP contribution in [0.5, 0.6) is 0 Å². The topological polar surface area (TPSA) is 40.6 Å². The fraction of sp³-hybridized carbons (Fsp3) is 0.652. The van der Waals surface area contributed by atoms with Gasteiger partial charge in [-0.25, -0.2) is 4.79 Å². The van der Waals surface area contributed by atoms with Crippen molar-refractivity contribution in [2.75, 3.05) is 19.6 Å². The van der Waals surface area contributed by atoms with E-state index in [9.17, 15) is 9.59 Å². The van der Waals surface area contributed by atoms with E-state index in [4.69, 9.17) is 0 Å². The number of hydrogen-bond donors (Lipinski definition) is 0. The van der Waals surface area contributed by atoms with E-state index in [1.807, 2.05) is 6.07 Å². The second-order valence-corrected chi connectivity index (χ2v) is 9.48. The Morgan fingerprint density at radius 2 is 1.74 bits per heavy atom. The Morgan fingerprint density at radius 1 is 1.04 bits per heavy atom. The monoisotopic (exact) mass is 368 g/mol. The number of rotatable bonds is 1. The predicted molar refractivity (Wildman–Crippen MR) is 107 cm³/mol. The minimum Gasteiger partial charge on any atom is -0.325 e. The van der Waals surface area contributed by atoms with Crippen LogP contribution in [-0.4, -0.2) is 47.3 Å². The van der Waals surface area contributed by atoms with Crippen molar-refractivity contribution < 1.29 is 9.59 Å². The van der Waals surface area contributed by atoms with Crippen LogP contribution >= 0.6 is 0 Å². The van der Waals surface area contributed by atoms with Crippen molar-refractivity contribution in [3.63, 3.8) is 0 Å². The highest BCUT2D eigenvalue weighted by Gasteiger charge is 2.57. The normalized spacial score (nSPS) is 29.3. The summed E-state index contributed by atoms with van der Waals surface area (Å²) in [7, 11) is 0. The molecule has 0 radical (unpaired) electrons. The third kappa shape index (κ3) is 2.71. The summed E-state index contributed by atoms with van der Waals surface area (Å²) in [5.41, 5.74) is 3.44. The molecule has 27 heavy (non-hydrogen) atoms. The number of carbonyl (C=O) groups is 2. The van der Waals surface area contributed by atoms with Crippen molar-refractivity contribution in [3.05, 3.63) is 34.9 Å². The summed E-state index contributed by atoms with van der Waals surface area (Å²) >= 11 is 0. The van der Waals surface area contributed by atoms with Gasteiger partial charge in [0.25, 0.3) is 0 Å². The lowest BCUT2D eigenvalue weighted by atomic mass is 9.51. The zero-order valence-corrected chi connectivity index (χ0v) is 17.2. The van der Waals surface area contributed by atoms with Gasteiger partial charge in [-0.1, -0.05) is 32.9 Å². The molecule has 4 rings (SSSR count). The third-order valence-corrected chi connectivity index (χ3v) is 7.88. The molecule has 1 aromatic carbocycles. The molecule has 2 bridgehead atoms. The van der Waals surface area contributed by atoms with Gasteiger partial charge in [0.15, 0.2) is 5.78 Å². The van der Waals surface area contributed by atoms with Gasteiger partial charge in [-0.3, -0.25) is 4.79 Å². The smallest absolute Gasteiger partial charge is 0.320 e. The Balaban J connectivity index is 1.72. The first-order valence-corrected chi connectivity index (χ1v) is 10.5. The van der Waals surface area contributed by atoms with E-state index < -0.39 is 0 Å². The number of hydrogen-bond acceptors (Lipinski definition) is 2. The minimum absolute atomic E-state index is 0.00143. The van der Waals surface area contributed by atoms with Crippen molar-refractivity contribution in [1.29, 1.82) is 0 Å². The first-order chi connectivity index (χ1) is 12.8. The zero-order chi connectivity index (χ0) is 19.4. The molecule has 0 spiro atoms. The summed E-state index contributed by atoms with van der Waals surface area (Å²) in [5.74, 6) is 0.110. The fourth-order valence-electron chi connectivity index (χ4n) is 5.65. The van der Waals surface area contributed by atoms with Crippen molar-refractivity contribution in [1.82, 2.24) is 9.80 Å². The van der Waals surface area contributed by atoms with Gasteiger partial charge >= 0.3 is 6.03 Å². The maximum absolute atomic E-state index is 13.3. The zero-order valence-electron chi connectivity index (χ0n) is 17.2. The lowest BCUT2D eigenvalue weighted by molar-refractivity contribution is -0.0242. The number of urea groups is 1. The standard InChI is InChI=1S/C23H32N2O2/c1-16(26)17-8-9-19-18(14-17)15-20-22(2,3)23(19,4)10-13-25(20)21(27)24-11-6-5-7-12-24/h8-9,14,20H,5-7,10-13,15H2,1-4H3/t20-,23+/m1/s1. The third-order valence-electron chi connectivity index (χ3n) is 7.88. The number of benzene rings is 1. The molecule has 1 aromatic rings. The number of carbonyl (C=O) groups excluding carboxylic acids is 2. The van der Waals surface area contributed by atoms with Crippen molar-refractivity contribution in [2.45, 2.75) is 71.3 Å². The number of ketones is 1. The number of piperidine rings is 2. The Bertz CT molecular complexity index is 779. The Kier molecular flexibility index (Phi) is 4.36. The van der Waals surface area contributed by atoms with E-state index in [1.54, 1.807) is 6.92 Å². The van der Waals surface area contributed by atoms with Crippen molar-refractivity contribution >= 4 is 11.8 Å². The minimum atomic E-state index is 0.00143. The van der Waals surface area contributed by atoms with Crippen LogP contribution in [0.4, 0.5) is 4.79 Å². The number of amides is 2. The van der Waals surface area contributed by atoms with E-state index in [2.05, 4.69) is 42.7 Å². The number of nitrogens with zero attached hydrogens (tertiary/aromatic N) is 2. The maximum Gasteiger partial charge on any atom is 0.320 e. The van der Waals surface area contributed by atoms with Gasteiger partial charge in [0, 0.05) is 36.7 Å². The molecule has 2 aliphatic heterocycles. The molecule has 2 amide bonds. The first kappa shape index (κ1) is 18.5. The molecule has 4 nitrogen and oxygen atoms in total. The van der Waals surface area contributed by atoms with Crippen LogP contribution in [0.1, 0.15) is 74.9 Å². The van der Waals surface area contributed by atoms with Gasteiger partial charge in [0.05, 0.1) is 0 Å². The summed E-state index contributed by atoms with van der Waals surface area (Å²) in [6.07, 6.45) is 5.30. The molecule has 2 heterocycles. The second-order valence-electron chi connectivity index (χ2n) is 9.48. The molecule has 2 fully saturated rings. The van der Waals surface area contributed by atoms with Crippen LogP contribution in [-0.2, 0) is 11.8 Å². The van der Waals surface area contributed by atoms with E-state index in [0.29, 0.717) is 0 Å². The van der Waals surface area contributed by atoms with Gasteiger partial charge in [0.1, 0.15) is 0 Å². The summed E-state index contributed by atoms with van der Waals surface area (Å²) in [6, 6.07) is 6.63. The molecule has 2 atom stereocenters. The molecule has 0 N–H and O–H groups in total. The second kappa shape index (κ2) is 6.35. The van der Waals surface area contributed by atoms with Crippen LogP contribution in [0.25, 0.3) is 0 Å². The number of likely N-dealkylation sites (tertiary alicyclic amines) is 2. The van der Waals surface area contributed by atoms with Gasteiger partial charge < -0.3 is 9.80 Å². The van der Waals surface area contributed by atoms with Gasteiger partial charge in [-0.15, -0.1) is 0 Å². The summed E-state index contributed by atoms with van der Waals surface area (Å²) < 4.78 is 0. The van der Waals surface area contributed by atoms with Gasteiger partial charge in [-0.05, 0) is 61.6 Å². The van der Waals surface area contributed by atoms with Crippen LogP contribution in [0, 0.1) is 5.41 Å². The van der Waals surface area contributed by atoms with Crippen LogP contribution in [0.3, 0.4) is 0 Å². The average Bonchev–Trinajstić information content (AvgIpc) is 2.64. The average molecular weight is 369 g/mol. The van der Waals surface area contributed by atoms with Crippen molar-refractivity contribution in [3.8, 4) is 0 Å². The summed E-state index contributed by atoms with van der Waals surface area (Å²) in [6.45, 7) is 11.3. The molecule has 2 saturated heterocycles. The number of Topliss-reactive ketones (excluding diaryl/α,β-unsaturated/α-hetero) is 1. The largest absolute Gasteiger partial charge is 0.325 e.